The average Bonchev–Trinajstić information content (AvgIpc) is 2.47. The topological polar surface area (TPSA) is 64.8 Å². The third-order valence-corrected chi connectivity index (χ3v) is 2.93. The summed E-state index contributed by atoms with van der Waals surface area (Å²) >= 11 is 0. The smallest absolute Gasteiger partial charge is 0.138 e. The lowest BCUT2D eigenvalue weighted by molar-refractivity contribution is 1.03. The van der Waals surface area contributed by atoms with Crippen molar-refractivity contribution in [2.24, 2.45) is 0 Å². The van der Waals surface area contributed by atoms with E-state index in [0.717, 1.165) is 17.3 Å². The molecular weight excluding hydrogens is 250 g/mol. The van der Waals surface area contributed by atoms with Crippen molar-refractivity contribution >= 4 is 17.3 Å². The predicted octanol–water partition coefficient (Wildman–Crippen LogP) is 2.88. The normalized spacial score (nSPS) is 9.85. The average molecular weight is 267 g/mol. The summed E-state index contributed by atoms with van der Waals surface area (Å²) in [4.78, 5) is 10.4. The number of nitrogens with zero attached hydrogens (tertiary/aromatic N) is 4. The van der Waals surface area contributed by atoms with Crippen molar-refractivity contribution in [3.63, 3.8) is 0 Å². The number of anilines is 3. The zero-order valence-corrected chi connectivity index (χ0v) is 11.7. The standard InChI is InChI=1S/C15H17N5/c1-12-5-3-6-13(9-12)20(2)15-10-14(18-11-19-15)17-8-4-7-16/h3,5-6,9-11H,4,8H2,1-2H3,(H,17,18,19). The first-order chi connectivity index (χ1) is 9.70. The number of nitriles is 1. The van der Waals surface area contributed by atoms with Crippen LogP contribution in [0.5, 0.6) is 0 Å². The van der Waals surface area contributed by atoms with Crippen LogP contribution < -0.4 is 10.2 Å². The highest BCUT2D eigenvalue weighted by molar-refractivity contribution is 5.62. The molecule has 1 aromatic carbocycles. The second kappa shape index (κ2) is 6.53. The van der Waals surface area contributed by atoms with Gasteiger partial charge in [0.05, 0.1) is 12.5 Å². The van der Waals surface area contributed by atoms with Crippen LogP contribution in [0.15, 0.2) is 36.7 Å². The first kappa shape index (κ1) is 13.8. The summed E-state index contributed by atoms with van der Waals surface area (Å²) in [6.45, 7) is 2.65. The van der Waals surface area contributed by atoms with E-state index in [1.54, 1.807) is 0 Å². The lowest BCUT2D eigenvalue weighted by Crippen LogP contribution is -2.12. The van der Waals surface area contributed by atoms with E-state index in [1.165, 1.54) is 11.9 Å². The summed E-state index contributed by atoms with van der Waals surface area (Å²) in [6, 6.07) is 12.2. The van der Waals surface area contributed by atoms with Crippen molar-refractivity contribution in [2.75, 3.05) is 23.8 Å². The van der Waals surface area contributed by atoms with Gasteiger partial charge in [-0.1, -0.05) is 12.1 Å². The van der Waals surface area contributed by atoms with Crippen molar-refractivity contribution in [3.05, 3.63) is 42.2 Å². The van der Waals surface area contributed by atoms with E-state index in [-0.39, 0.29) is 0 Å². The van der Waals surface area contributed by atoms with Gasteiger partial charge in [-0.05, 0) is 24.6 Å². The number of nitrogens with one attached hydrogen (secondary N) is 1. The fourth-order valence-electron chi connectivity index (χ4n) is 1.84. The summed E-state index contributed by atoms with van der Waals surface area (Å²) in [5.74, 6) is 1.54. The zero-order chi connectivity index (χ0) is 14.4. The van der Waals surface area contributed by atoms with Crippen LogP contribution >= 0.6 is 0 Å². The Labute approximate surface area is 118 Å². The summed E-state index contributed by atoms with van der Waals surface area (Å²) < 4.78 is 0. The molecule has 102 valence electrons. The van der Waals surface area contributed by atoms with Gasteiger partial charge in [0.2, 0.25) is 0 Å². The second-order valence-corrected chi connectivity index (χ2v) is 4.49. The minimum atomic E-state index is 0.451. The second-order valence-electron chi connectivity index (χ2n) is 4.49. The fourth-order valence-corrected chi connectivity index (χ4v) is 1.84. The molecule has 20 heavy (non-hydrogen) atoms. The summed E-state index contributed by atoms with van der Waals surface area (Å²) in [6.07, 6.45) is 1.98. The van der Waals surface area contributed by atoms with Gasteiger partial charge in [-0.2, -0.15) is 5.26 Å². The third kappa shape index (κ3) is 3.45. The van der Waals surface area contributed by atoms with Gasteiger partial charge in [0.15, 0.2) is 0 Å². The largest absolute Gasteiger partial charge is 0.369 e. The highest BCUT2D eigenvalue weighted by atomic mass is 15.2. The van der Waals surface area contributed by atoms with Gasteiger partial charge in [0, 0.05) is 25.3 Å². The van der Waals surface area contributed by atoms with Crippen molar-refractivity contribution < 1.29 is 0 Å². The van der Waals surface area contributed by atoms with E-state index < -0.39 is 0 Å². The molecule has 0 spiro atoms. The SMILES string of the molecule is Cc1cccc(N(C)c2cc(NCCC#N)ncn2)c1. The van der Waals surface area contributed by atoms with Crippen molar-refractivity contribution in [1.29, 1.82) is 5.26 Å². The van der Waals surface area contributed by atoms with Gasteiger partial charge < -0.3 is 10.2 Å². The Bertz CT molecular complexity index is 618. The molecule has 0 amide bonds. The van der Waals surface area contributed by atoms with Crippen LogP contribution in [0.4, 0.5) is 17.3 Å². The van der Waals surface area contributed by atoms with Crippen LogP contribution in [0.25, 0.3) is 0 Å². The molecule has 0 saturated heterocycles. The van der Waals surface area contributed by atoms with Crippen LogP contribution in [-0.4, -0.2) is 23.6 Å². The fraction of sp³-hybridized carbons (Fsp3) is 0.267. The van der Waals surface area contributed by atoms with Crippen LogP contribution in [0.2, 0.25) is 0 Å². The van der Waals surface area contributed by atoms with Crippen molar-refractivity contribution in [2.45, 2.75) is 13.3 Å². The molecule has 5 heteroatoms. The van der Waals surface area contributed by atoms with Crippen LogP contribution in [0.1, 0.15) is 12.0 Å². The molecule has 0 saturated carbocycles. The molecular formula is C15H17N5. The number of hydrogen-bond donors (Lipinski definition) is 1. The minimum Gasteiger partial charge on any atom is -0.369 e. The summed E-state index contributed by atoms with van der Waals surface area (Å²) in [5, 5.41) is 11.6. The first-order valence-corrected chi connectivity index (χ1v) is 6.44. The Balaban J connectivity index is 2.16. The number of benzene rings is 1. The van der Waals surface area contributed by atoms with Gasteiger partial charge in [0.25, 0.3) is 0 Å². The van der Waals surface area contributed by atoms with Gasteiger partial charge >= 0.3 is 0 Å². The Kier molecular flexibility index (Phi) is 4.51. The van der Waals surface area contributed by atoms with Gasteiger partial charge in [-0.3, -0.25) is 0 Å². The summed E-state index contributed by atoms with van der Waals surface area (Å²) in [7, 11) is 1.97. The molecule has 0 fully saturated rings. The maximum atomic E-state index is 8.53. The van der Waals surface area contributed by atoms with Gasteiger partial charge in [0.1, 0.15) is 18.0 Å². The highest BCUT2D eigenvalue weighted by Gasteiger charge is 2.06. The molecule has 0 aliphatic carbocycles. The van der Waals surface area contributed by atoms with Crippen LogP contribution in [0.3, 0.4) is 0 Å². The lowest BCUT2D eigenvalue weighted by Gasteiger charge is -2.19. The Morgan fingerprint density at radius 2 is 2.15 bits per heavy atom. The van der Waals surface area contributed by atoms with Crippen molar-refractivity contribution in [3.8, 4) is 6.07 Å². The quantitative estimate of drug-likeness (QED) is 0.844. The van der Waals surface area contributed by atoms with Crippen molar-refractivity contribution in [1.82, 2.24) is 9.97 Å². The van der Waals surface area contributed by atoms with Crippen LogP contribution in [0, 0.1) is 18.3 Å². The van der Waals surface area contributed by atoms with E-state index >= 15 is 0 Å². The number of hydrogen-bond acceptors (Lipinski definition) is 5. The van der Waals surface area contributed by atoms with E-state index in [2.05, 4.69) is 40.4 Å². The number of aryl methyl sites for hydroxylation is 1. The Hall–Kier alpha value is -2.61. The van der Waals surface area contributed by atoms with E-state index in [0.29, 0.717) is 13.0 Å². The maximum Gasteiger partial charge on any atom is 0.138 e. The molecule has 0 atom stereocenters. The molecule has 0 radical (unpaired) electrons. The molecule has 0 aliphatic rings. The zero-order valence-electron chi connectivity index (χ0n) is 11.7. The van der Waals surface area contributed by atoms with E-state index in [4.69, 9.17) is 5.26 Å². The predicted molar refractivity (Wildman–Crippen MR) is 80.0 cm³/mol. The molecule has 1 N–H and O–H groups in total. The van der Waals surface area contributed by atoms with Crippen LogP contribution in [-0.2, 0) is 0 Å². The minimum absolute atomic E-state index is 0.451. The molecule has 0 bridgehead atoms. The molecule has 0 aliphatic heterocycles. The summed E-state index contributed by atoms with van der Waals surface area (Å²) in [5.41, 5.74) is 2.28. The van der Waals surface area contributed by atoms with E-state index in [9.17, 15) is 0 Å². The van der Waals surface area contributed by atoms with E-state index in [1.807, 2.05) is 30.1 Å². The molecule has 2 aromatic rings. The lowest BCUT2D eigenvalue weighted by atomic mass is 10.2. The van der Waals surface area contributed by atoms with Gasteiger partial charge in [-0.15, -0.1) is 0 Å². The maximum absolute atomic E-state index is 8.53. The Morgan fingerprint density at radius 3 is 2.90 bits per heavy atom. The van der Waals surface area contributed by atoms with Gasteiger partial charge in [-0.25, -0.2) is 9.97 Å². The number of aromatic nitrogens is 2. The molecule has 1 heterocycles. The first-order valence-electron chi connectivity index (χ1n) is 6.44. The molecule has 0 unspecified atom stereocenters. The Morgan fingerprint density at radius 1 is 1.30 bits per heavy atom. The molecule has 1 aromatic heterocycles. The molecule has 2 rings (SSSR count). The number of rotatable bonds is 5. The monoisotopic (exact) mass is 267 g/mol. The third-order valence-electron chi connectivity index (χ3n) is 2.93. The molecule has 5 nitrogen and oxygen atoms in total. The highest BCUT2D eigenvalue weighted by Crippen LogP contribution is 2.23.